The van der Waals surface area contributed by atoms with Crippen molar-refractivity contribution in [2.24, 2.45) is 11.7 Å². The molecule has 0 saturated carbocycles. The number of nitrogens with two attached hydrogens (primary N) is 1. The first-order chi connectivity index (χ1) is 17.1. The molecule has 0 radical (unpaired) electrons. The fraction of sp³-hybridized carbons (Fsp3) is 0.800. The van der Waals surface area contributed by atoms with E-state index < -0.39 is 18.1 Å². The van der Waals surface area contributed by atoms with Crippen LogP contribution in [0.5, 0.6) is 0 Å². The molecule has 0 aromatic rings. The van der Waals surface area contributed by atoms with Crippen LogP contribution in [0.2, 0.25) is 0 Å². The van der Waals surface area contributed by atoms with E-state index in [4.69, 9.17) is 4.79 Å². The van der Waals surface area contributed by atoms with Crippen molar-refractivity contribution in [3.63, 3.8) is 0 Å². The Morgan fingerprint density at radius 1 is 1.19 bits per heavy atom. The fourth-order valence-corrected chi connectivity index (χ4v) is 4.23. The third-order valence-electron chi connectivity index (χ3n) is 4.82. The lowest BCUT2D eigenvalue weighted by Gasteiger charge is -2.22. The Balaban J connectivity index is -0.00000121. The number of hydrogen-bond donors (Lipinski definition) is 4. The monoisotopic (exact) mass is 534 g/mol. The van der Waals surface area contributed by atoms with E-state index in [-0.39, 0.29) is 48.3 Å². The maximum atomic E-state index is 12.3. The summed E-state index contributed by atoms with van der Waals surface area (Å²) in [6, 6.07) is -1.45. The van der Waals surface area contributed by atoms with Gasteiger partial charge in [-0.05, 0) is 44.4 Å². The summed E-state index contributed by atoms with van der Waals surface area (Å²) in [6.07, 6.45) is 3.11. The number of likely N-dealkylation sites (N-methyl/N-ethyl adjacent to an activating group) is 1. The van der Waals surface area contributed by atoms with Gasteiger partial charge in [-0.25, -0.2) is 4.79 Å². The number of nitrogens with one attached hydrogen (secondary N) is 2. The van der Waals surface area contributed by atoms with Crippen LogP contribution in [-0.2, 0) is 24.0 Å². The number of likely N-dealkylation sites (tertiary alicyclic amines) is 1. The van der Waals surface area contributed by atoms with Gasteiger partial charge in [-0.1, -0.05) is 48.5 Å². The Bertz CT molecular complexity index is 634. The molecule has 1 fully saturated rings. The highest BCUT2D eigenvalue weighted by molar-refractivity contribution is 8.00. The molecule has 1 aliphatic rings. The minimum atomic E-state index is -1.09. The van der Waals surface area contributed by atoms with Crippen LogP contribution in [-0.4, -0.2) is 83.2 Å². The van der Waals surface area contributed by atoms with Gasteiger partial charge >= 0.3 is 5.97 Å². The first kappa shape index (κ1) is 38.5. The Morgan fingerprint density at radius 3 is 2.17 bits per heavy atom. The van der Waals surface area contributed by atoms with Gasteiger partial charge in [-0.15, -0.1) is 11.8 Å². The minimum absolute atomic E-state index is 0.0326. The number of thioether (sulfide) groups is 1. The van der Waals surface area contributed by atoms with Crippen LogP contribution in [0.15, 0.2) is 0 Å². The summed E-state index contributed by atoms with van der Waals surface area (Å²) < 4.78 is 0. The Morgan fingerprint density at radius 2 is 1.75 bits per heavy atom. The van der Waals surface area contributed by atoms with Crippen molar-refractivity contribution >= 4 is 41.7 Å². The molecule has 0 aromatic carbocycles. The average molecular weight is 535 g/mol. The number of aliphatic carboxylic acids is 1. The van der Waals surface area contributed by atoms with Crippen molar-refractivity contribution in [3.8, 4) is 0 Å². The van der Waals surface area contributed by atoms with Gasteiger partial charge in [0.15, 0.2) is 0 Å². The van der Waals surface area contributed by atoms with Gasteiger partial charge in [0.2, 0.25) is 17.7 Å². The normalized spacial score (nSPS) is 15.9. The predicted octanol–water partition coefficient (Wildman–Crippen LogP) is 2.44. The third kappa shape index (κ3) is 15.9. The topological polar surface area (TPSA) is 159 Å². The number of unbranched alkanes of at least 4 members (excludes halogenated alkanes) is 1. The second kappa shape index (κ2) is 24.7. The molecule has 0 bridgehead atoms. The van der Waals surface area contributed by atoms with E-state index in [0.717, 1.165) is 12.2 Å². The highest BCUT2D eigenvalue weighted by Crippen LogP contribution is 2.26. The second-order valence-corrected chi connectivity index (χ2v) is 9.07. The number of aldehydes is 1. The molecule has 10 nitrogen and oxygen atoms in total. The summed E-state index contributed by atoms with van der Waals surface area (Å²) in [5.74, 6) is -0.843. The van der Waals surface area contributed by atoms with Crippen LogP contribution < -0.4 is 16.4 Å². The summed E-state index contributed by atoms with van der Waals surface area (Å²) in [5, 5.41) is 14.5. The van der Waals surface area contributed by atoms with E-state index in [1.165, 1.54) is 16.7 Å². The lowest BCUT2D eigenvalue weighted by Crippen LogP contribution is -2.51. The zero-order valence-electron chi connectivity index (χ0n) is 23.5. The molecule has 212 valence electrons. The van der Waals surface area contributed by atoms with Crippen molar-refractivity contribution in [1.29, 1.82) is 0 Å². The molecule has 0 aromatic heterocycles. The van der Waals surface area contributed by atoms with Crippen LogP contribution in [0, 0.1) is 5.92 Å². The van der Waals surface area contributed by atoms with Crippen LogP contribution >= 0.6 is 11.8 Å². The summed E-state index contributed by atoms with van der Waals surface area (Å²) in [7, 11) is 1.66. The Hall–Kier alpha value is -1.98. The molecule has 1 rings (SSSR count). The van der Waals surface area contributed by atoms with Crippen LogP contribution in [0.25, 0.3) is 0 Å². The fourth-order valence-electron chi connectivity index (χ4n) is 3.18. The van der Waals surface area contributed by atoms with Gasteiger partial charge in [-0.2, -0.15) is 0 Å². The number of hydrogen-bond acceptors (Lipinski definition) is 8. The van der Waals surface area contributed by atoms with Crippen molar-refractivity contribution in [2.75, 3.05) is 25.9 Å². The molecule has 11 heteroatoms. The molecule has 3 unspecified atom stereocenters. The molecule has 0 aliphatic carbocycles. The van der Waals surface area contributed by atoms with Crippen molar-refractivity contribution in [1.82, 2.24) is 15.5 Å². The van der Waals surface area contributed by atoms with Gasteiger partial charge < -0.3 is 26.3 Å². The van der Waals surface area contributed by atoms with E-state index in [0.29, 0.717) is 25.7 Å². The summed E-state index contributed by atoms with van der Waals surface area (Å²) in [6.45, 7) is 14.2. The zero-order valence-corrected chi connectivity index (χ0v) is 24.3. The second-order valence-electron chi connectivity index (χ2n) is 7.76. The molecule has 1 heterocycles. The van der Waals surface area contributed by atoms with Crippen LogP contribution in [0.1, 0.15) is 80.6 Å². The molecule has 3 amide bonds. The number of carboxylic acid groups (broad SMARTS) is 1. The Kier molecular flexibility index (Phi) is 26.5. The molecular formula is C25H50N4O6S. The smallest absolute Gasteiger partial charge is 0.326 e. The van der Waals surface area contributed by atoms with Crippen LogP contribution in [0.4, 0.5) is 0 Å². The predicted molar refractivity (Wildman–Crippen MR) is 147 cm³/mol. The highest BCUT2D eigenvalue weighted by Gasteiger charge is 2.38. The van der Waals surface area contributed by atoms with Crippen molar-refractivity contribution < 1.29 is 29.1 Å². The van der Waals surface area contributed by atoms with Gasteiger partial charge in [-0.3, -0.25) is 19.3 Å². The lowest BCUT2D eigenvalue weighted by molar-refractivity contribution is -0.142. The largest absolute Gasteiger partial charge is 0.480 e. The molecule has 1 saturated heterocycles. The van der Waals surface area contributed by atoms with E-state index >= 15 is 0 Å². The maximum Gasteiger partial charge on any atom is 0.326 e. The average Bonchev–Trinajstić information content (AvgIpc) is 3.14. The quantitative estimate of drug-likeness (QED) is 0.149. The summed E-state index contributed by atoms with van der Waals surface area (Å²) in [4.78, 5) is 58.4. The number of imide groups is 1. The van der Waals surface area contributed by atoms with Gasteiger partial charge in [0.05, 0.1) is 11.3 Å². The van der Waals surface area contributed by atoms with Crippen LogP contribution in [0.3, 0.4) is 0 Å². The first-order valence-corrected chi connectivity index (χ1v) is 14.0. The van der Waals surface area contributed by atoms with Gasteiger partial charge in [0.25, 0.3) is 0 Å². The molecular weight excluding hydrogens is 484 g/mol. The van der Waals surface area contributed by atoms with E-state index in [1.807, 2.05) is 48.5 Å². The van der Waals surface area contributed by atoms with E-state index in [9.17, 15) is 24.3 Å². The first-order valence-electron chi connectivity index (χ1n) is 12.9. The summed E-state index contributed by atoms with van der Waals surface area (Å²) in [5.41, 5.74) is 4.66. The number of carbonyl (C=O) groups is 5. The number of nitrogens with zero attached hydrogens (tertiary/aromatic N) is 1. The standard InChI is InChI=1S/C19H33N3O5S.C2H5NO.2C2H6/c1-5-10-28-14-11-15(23)22(18(14)25)9-7-6-8-13(19(26)27)21-17(24)16(20-4)12(2)3;3-1-2-4;2*1-2/h12-14,16,20H,5-11H2,1-4H3,(H,21,24)(H,26,27);2H,1,3H2;2*1-2H3. The molecule has 36 heavy (non-hydrogen) atoms. The van der Waals surface area contributed by atoms with Crippen molar-refractivity contribution in [2.45, 2.75) is 97.9 Å². The number of rotatable bonds is 14. The van der Waals surface area contributed by atoms with Crippen molar-refractivity contribution in [3.05, 3.63) is 0 Å². The molecule has 0 spiro atoms. The molecule has 5 N–H and O–H groups in total. The zero-order chi connectivity index (χ0) is 28.7. The molecule has 3 atom stereocenters. The number of carboxylic acids is 1. The summed E-state index contributed by atoms with van der Waals surface area (Å²) >= 11 is 1.52. The highest BCUT2D eigenvalue weighted by atomic mass is 32.2. The lowest BCUT2D eigenvalue weighted by atomic mass is 10.0. The third-order valence-corrected chi connectivity index (χ3v) is 6.24. The number of amides is 3. The minimum Gasteiger partial charge on any atom is -0.480 e. The van der Waals surface area contributed by atoms with Gasteiger partial charge in [0, 0.05) is 19.5 Å². The molecule has 1 aliphatic heterocycles. The SMILES string of the molecule is CC.CC.CCCSC1CC(=O)N(CCCCC(NC(=O)C(NC)C(C)C)C(=O)O)C1=O.NCC=O. The van der Waals surface area contributed by atoms with E-state index in [2.05, 4.69) is 16.4 Å². The van der Waals surface area contributed by atoms with Gasteiger partial charge in [0.1, 0.15) is 12.3 Å². The van der Waals surface area contributed by atoms with E-state index in [1.54, 1.807) is 7.05 Å². The Labute approximate surface area is 221 Å². The maximum absolute atomic E-state index is 12.3. The number of carbonyl (C=O) groups excluding carboxylic acids is 4.